The lowest BCUT2D eigenvalue weighted by Crippen LogP contribution is -2.39. The van der Waals surface area contributed by atoms with E-state index in [-0.39, 0.29) is 6.10 Å². The zero-order valence-corrected chi connectivity index (χ0v) is 13.8. The van der Waals surface area contributed by atoms with E-state index in [2.05, 4.69) is 17.2 Å². The van der Waals surface area contributed by atoms with Gasteiger partial charge in [0, 0.05) is 19.4 Å². The molecular formula is C19H24N2O3. The Hall–Kier alpha value is -2.16. The Morgan fingerprint density at radius 3 is 2.75 bits per heavy atom. The summed E-state index contributed by atoms with van der Waals surface area (Å²) in [4.78, 5) is 22.8. The van der Waals surface area contributed by atoms with E-state index in [1.165, 1.54) is 0 Å². The molecule has 2 amide bonds. The Bertz CT molecular complexity index is 601. The molecular weight excluding hydrogens is 304 g/mol. The van der Waals surface area contributed by atoms with Crippen molar-refractivity contribution in [2.45, 2.75) is 57.3 Å². The van der Waals surface area contributed by atoms with Crippen LogP contribution in [-0.4, -0.2) is 24.5 Å². The molecule has 0 saturated carbocycles. The van der Waals surface area contributed by atoms with Crippen LogP contribution in [0, 0.1) is 11.8 Å². The summed E-state index contributed by atoms with van der Waals surface area (Å²) in [7, 11) is 0. The Kier molecular flexibility index (Phi) is 7.47. The Labute approximate surface area is 142 Å². The maximum Gasteiger partial charge on any atom is 0.255 e. The van der Waals surface area contributed by atoms with Crippen molar-refractivity contribution in [3.8, 4) is 11.8 Å². The van der Waals surface area contributed by atoms with Gasteiger partial charge in [-0.2, -0.15) is 0 Å². The highest BCUT2D eigenvalue weighted by Crippen LogP contribution is 2.15. The summed E-state index contributed by atoms with van der Waals surface area (Å²) in [6, 6.07) is 7.71. The maximum atomic E-state index is 12.2. The van der Waals surface area contributed by atoms with E-state index in [0.717, 1.165) is 43.2 Å². The number of nitrogens with two attached hydrogens (primary N) is 1. The molecule has 5 heteroatoms. The van der Waals surface area contributed by atoms with Crippen molar-refractivity contribution in [3.63, 3.8) is 0 Å². The molecule has 0 bridgehead atoms. The van der Waals surface area contributed by atoms with Crippen LogP contribution in [0.4, 0.5) is 0 Å². The van der Waals surface area contributed by atoms with Crippen molar-refractivity contribution >= 4 is 12.3 Å². The highest BCUT2D eigenvalue weighted by molar-refractivity contribution is 5.89. The molecule has 24 heavy (non-hydrogen) atoms. The van der Waals surface area contributed by atoms with Crippen LogP contribution >= 0.6 is 0 Å². The molecule has 2 unspecified atom stereocenters. The third-order valence-electron chi connectivity index (χ3n) is 4.03. The molecule has 0 radical (unpaired) electrons. The second kappa shape index (κ2) is 9.86. The summed E-state index contributed by atoms with van der Waals surface area (Å²) in [6.45, 7) is 0.476. The minimum absolute atomic E-state index is 0.268. The lowest BCUT2D eigenvalue weighted by Gasteiger charge is -2.21. The average molecular weight is 328 g/mol. The molecule has 0 saturated heterocycles. The largest absolute Gasteiger partial charge is 0.352 e. The van der Waals surface area contributed by atoms with Crippen LogP contribution < -0.4 is 11.1 Å². The predicted molar refractivity (Wildman–Crippen MR) is 91.8 cm³/mol. The first-order chi connectivity index (χ1) is 11.7. The first kappa shape index (κ1) is 18.2. The van der Waals surface area contributed by atoms with Gasteiger partial charge in [0.15, 0.2) is 0 Å². The standard InChI is InChI=1S/C19H24N2O3/c20-13-16-10-8-15(9-11-16)12-18(19(23)21-14-22)24-17-6-4-2-1-3-5-7-17/h8-11,14,17-18H,1-4,6,12-13,20H2,(H,21,22,23). The lowest BCUT2D eigenvalue weighted by molar-refractivity contribution is -0.137. The molecule has 0 heterocycles. The van der Waals surface area contributed by atoms with Crippen LogP contribution in [0.1, 0.15) is 43.2 Å². The first-order valence-corrected chi connectivity index (χ1v) is 8.38. The third kappa shape index (κ3) is 5.80. The minimum atomic E-state index is -0.738. The number of hydrogen-bond donors (Lipinski definition) is 2. The number of carbonyl (C=O) groups is 2. The van der Waals surface area contributed by atoms with Crippen molar-refractivity contribution in [1.82, 2.24) is 5.32 Å². The van der Waals surface area contributed by atoms with Crippen LogP contribution in [0.2, 0.25) is 0 Å². The first-order valence-electron chi connectivity index (χ1n) is 8.38. The van der Waals surface area contributed by atoms with Crippen LogP contribution in [0.3, 0.4) is 0 Å². The van der Waals surface area contributed by atoms with Gasteiger partial charge in [0.1, 0.15) is 12.2 Å². The van der Waals surface area contributed by atoms with Gasteiger partial charge in [-0.05, 0) is 30.4 Å². The number of hydrogen-bond acceptors (Lipinski definition) is 4. The molecule has 3 N–H and O–H groups in total. The van der Waals surface area contributed by atoms with Gasteiger partial charge in [-0.25, -0.2) is 0 Å². The van der Waals surface area contributed by atoms with Gasteiger partial charge < -0.3 is 10.5 Å². The molecule has 0 fully saturated rings. The van der Waals surface area contributed by atoms with Crippen LogP contribution in [0.5, 0.6) is 0 Å². The number of imide groups is 1. The second-order valence-electron chi connectivity index (χ2n) is 5.89. The molecule has 1 aromatic rings. The van der Waals surface area contributed by atoms with Gasteiger partial charge in [0.2, 0.25) is 6.41 Å². The Balaban J connectivity index is 2.07. The van der Waals surface area contributed by atoms with E-state index in [1.54, 1.807) is 0 Å². The van der Waals surface area contributed by atoms with Gasteiger partial charge in [0.05, 0.1) is 0 Å². The average Bonchev–Trinajstić information content (AvgIpc) is 2.57. The maximum absolute atomic E-state index is 12.2. The Morgan fingerprint density at radius 2 is 2.04 bits per heavy atom. The number of rotatable bonds is 7. The summed E-state index contributed by atoms with van der Waals surface area (Å²) < 4.78 is 5.93. The fourth-order valence-corrected chi connectivity index (χ4v) is 2.66. The third-order valence-corrected chi connectivity index (χ3v) is 4.03. The highest BCUT2D eigenvalue weighted by Gasteiger charge is 2.23. The van der Waals surface area contributed by atoms with Gasteiger partial charge in [-0.15, -0.1) is 5.92 Å². The van der Waals surface area contributed by atoms with E-state index in [0.29, 0.717) is 19.4 Å². The summed E-state index contributed by atoms with van der Waals surface area (Å²) >= 11 is 0. The minimum Gasteiger partial charge on any atom is -0.352 e. The number of ether oxygens (including phenoxy) is 1. The SMILES string of the molecule is NCc1ccc(CC(OC2C#CCCCCC2)C(=O)NC=O)cc1. The van der Waals surface area contributed by atoms with Gasteiger partial charge >= 0.3 is 0 Å². The second-order valence-corrected chi connectivity index (χ2v) is 5.89. The molecule has 1 aromatic carbocycles. The normalized spacial score (nSPS) is 18.5. The van der Waals surface area contributed by atoms with E-state index in [1.807, 2.05) is 24.3 Å². The number of carbonyl (C=O) groups excluding carboxylic acids is 2. The molecule has 1 aliphatic carbocycles. The van der Waals surface area contributed by atoms with Gasteiger partial charge in [0.25, 0.3) is 5.91 Å². The highest BCUT2D eigenvalue weighted by atomic mass is 16.5. The lowest BCUT2D eigenvalue weighted by atomic mass is 10.0. The molecule has 0 aromatic heterocycles. The van der Waals surface area contributed by atoms with Crippen molar-refractivity contribution in [2.24, 2.45) is 5.73 Å². The fraction of sp³-hybridized carbons (Fsp3) is 0.474. The molecule has 1 aliphatic rings. The Morgan fingerprint density at radius 1 is 1.29 bits per heavy atom. The van der Waals surface area contributed by atoms with Crippen molar-refractivity contribution in [2.75, 3.05) is 0 Å². The van der Waals surface area contributed by atoms with Crippen LogP contribution in [0.25, 0.3) is 0 Å². The van der Waals surface area contributed by atoms with E-state index in [9.17, 15) is 9.59 Å². The van der Waals surface area contributed by atoms with E-state index >= 15 is 0 Å². The predicted octanol–water partition coefficient (Wildman–Crippen LogP) is 1.68. The van der Waals surface area contributed by atoms with Gasteiger partial charge in [-0.3, -0.25) is 14.9 Å². The smallest absolute Gasteiger partial charge is 0.255 e. The van der Waals surface area contributed by atoms with Gasteiger partial charge in [-0.1, -0.05) is 36.6 Å². The number of amides is 2. The summed E-state index contributed by atoms with van der Waals surface area (Å²) in [6.07, 6.45) is 4.72. The van der Waals surface area contributed by atoms with Crippen LogP contribution in [-0.2, 0) is 27.3 Å². The molecule has 2 rings (SSSR count). The quantitative estimate of drug-likeness (QED) is 0.589. The van der Waals surface area contributed by atoms with Crippen molar-refractivity contribution < 1.29 is 14.3 Å². The zero-order valence-electron chi connectivity index (χ0n) is 13.8. The van der Waals surface area contributed by atoms with Crippen molar-refractivity contribution in [3.05, 3.63) is 35.4 Å². The van der Waals surface area contributed by atoms with E-state index < -0.39 is 12.0 Å². The monoisotopic (exact) mass is 328 g/mol. The number of nitrogens with one attached hydrogen (secondary N) is 1. The molecule has 5 nitrogen and oxygen atoms in total. The number of benzene rings is 1. The van der Waals surface area contributed by atoms with Crippen molar-refractivity contribution in [1.29, 1.82) is 0 Å². The zero-order chi connectivity index (χ0) is 17.2. The summed E-state index contributed by atoms with van der Waals surface area (Å²) in [5, 5.41) is 2.19. The molecule has 0 spiro atoms. The molecule has 128 valence electrons. The van der Waals surface area contributed by atoms with E-state index in [4.69, 9.17) is 10.5 Å². The molecule has 2 atom stereocenters. The topological polar surface area (TPSA) is 81.4 Å². The molecule has 0 aliphatic heterocycles. The van der Waals surface area contributed by atoms with Crippen LogP contribution in [0.15, 0.2) is 24.3 Å². The summed E-state index contributed by atoms with van der Waals surface area (Å²) in [5.41, 5.74) is 7.58. The fourth-order valence-electron chi connectivity index (χ4n) is 2.66. The summed E-state index contributed by atoms with van der Waals surface area (Å²) in [5.74, 6) is 5.76.